The van der Waals surface area contributed by atoms with Gasteiger partial charge in [0, 0.05) is 5.02 Å². The molecule has 1 aliphatic heterocycles. The summed E-state index contributed by atoms with van der Waals surface area (Å²) in [6.45, 7) is 1.67. The third kappa shape index (κ3) is 4.06. The summed E-state index contributed by atoms with van der Waals surface area (Å²) in [5, 5.41) is 17.4. The number of benzene rings is 3. The monoisotopic (exact) mass is 514 g/mol. The zero-order chi connectivity index (χ0) is 25.4. The Balaban J connectivity index is 1.73. The van der Waals surface area contributed by atoms with E-state index in [9.17, 15) is 14.7 Å². The van der Waals surface area contributed by atoms with Gasteiger partial charge in [-0.05, 0) is 73.7 Å². The van der Waals surface area contributed by atoms with E-state index in [1.165, 1.54) is 20.2 Å². The number of hydrazone groups is 1. The summed E-state index contributed by atoms with van der Waals surface area (Å²) in [5.74, 6) is -0.810. The van der Waals surface area contributed by atoms with Crippen LogP contribution >= 0.6 is 23.8 Å². The maximum Gasteiger partial charge on any atom is 0.280 e. The summed E-state index contributed by atoms with van der Waals surface area (Å²) in [5.41, 5.74) is 1.54. The first-order chi connectivity index (χ1) is 17.4. The van der Waals surface area contributed by atoms with Gasteiger partial charge in [-0.25, -0.2) is 0 Å². The van der Waals surface area contributed by atoms with Crippen molar-refractivity contribution >= 4 is 47.2 Å². The van der Waals surface area contributed by atoms with Gasteiger partial charge in [0.2, 0.25) is 5.88 Å². The first kappa shape index (κ1) is 23.5. The van der Waals surface area contributed by atoms with Gasteiger partial charge in [0.15, 0.2) is 4.77 Å². The van der Waals surface area contributed by atoms with Crippen molar-refractivity contribution in [3.63, 3.8) is 0 Å². The van der Waals surface area contributed by atoms with Crippen LogP contribution in [-0.2, 0) is 4.79 Å². The third-order valence-corrected chi connectivity index (χ3v) is 6.34. The van der Waals surface area contributed by atoms with E-state index in [4.69, 9.17) is 23.8 Å². The maximum absolute atomic E-state index is 13.7. The molecule has 178 valence electrons. The van der Waals surface area contributed by atoms with Crippen LogP contribution in [0.5, 0.6) is 5.88 Å². The van der Waals surface area contributed by atoms with Gasteiger partial charge >= 0.3 is 0 Å². The molecule has 0 aliphatic carbocycles. The molecule has 9 heteroatoms. The summed E-state index contributed by atoms with van der Waals surface area (Å²) in [6, 6.07) is 24.5. The minimum atomic E-state index is -0.561. The van der Waals surface area contributed by atoms with E-state index < -0.39 is 11.5 Å². The lowest BCUT2D eigenvalue weighted by molar-refractivity contribution is -0.114. The molecule has 0 saturated carbocycles. The summed E-state index contributed by atoms with van der Waals surface area (Å²) in [7, 11) is 0. The fraction of sp³-hybridized carbons (Fsp3) is 0.0370. The van der Waals surface area contributed by atoms with Gasteiger partial charge in [0.05, 0.1) is 28.3 Å². The Morgan fingerprint density at radius 1 is 0.833 bits per heavy atom. The van der Waals surface area contributed by atoms with Crippen molar-refractivity contribution in [2.75, 3.05) is 5.01 Å². The van der Waals surface area contributed by atoms with Crippen LogP contribution in [0.1, 0.15) is 12.5 Å². The topological polar surface area (TPSA) is 79.8 Å². The molecule has 4 aromatic rings. The highest BCUT2D eigenvalue weighted by molar-refractivity contribution is 7.71. The van der Waals surface area contributed by atoms with Crippen LogP contribution < -0.4 is 10.6 Å². The Bertz CT molecular complexity index is 1660. The normalized spacial score (nSPS) is 14.4. The summed E-state index contributed by atoms with van der Waals surface area (Å²) in [6.07, 6.45) is 1.36. The van der Waals surface area contributed by atoms with E-state index in [0.29, 0.717) is 27.8 Å². The van der Waals surface area contributed by atoms with Crippen LogP contribution in [-0.4, -0.2) is 25.9 Å². The van der Waals surface area contributed by atoms with Crippen LogP contribution in [0.25, 0.3) is 17.5 Å². The quantitative estimate of drug-likeness (QED) is 0.287. The molecule has 0 bridgehead atoms. The summed E-state index contributed by atoms with van der Waals surface area (Å²) >= 11 is 11.6. The zero-order valence-electron chi connectivity index (χ0n) is 19.0. The lowest BCUT2D eigenvalue weighted by atomic mass is 10.1. The molecule has 36 heavy (non-hydrogen) atoms. The highest BCUT2D eigenvalue weighted by atomic mass is 35.5. The van der Waals surface area contributed by atoms with Gasteiger partial charge in [0.1, 0.15) is 5.56 Å². The standard InChI is InChI=1S/C27H19ClN4O3S/c1-17-22(26(35)32(29-17)21-14-12-18(28)13-15-21)16-23-24(33)30(19-8-4-2-5-9-19)27(36)31(25(23)34)20-10-6-3-7-11-20/h2-16,33H,1H3/b22-16+. The first-order valence-corrected chi connectivity index (χ1v) is 11.7. The smallest absolute Gasteiger partial charge is 0.280 e. The van der Waals surface area contributed by atoms with E-state index in [1.807, 2.05) is 12.1 Å². The highest BCUT2D eigenvalue weighted by Crippen LogP contribution is 2.29. The molecule has 0 spiro atoms. The largest absolute Gasteiger partial charge is 0.494 e. The van der Waals surface area contributed by atoms with Gasteiger partial charge in [-0.2, -0.15) is 10.1 Å². The number of anilines is 1. The molecule has 1 N–H and O–H groups in total. The SMILES string of the molecule is CC1=NN(c2ccc(Cl)cc2)C(=O)/C1=C/c1c(O)n(-c2ccccc2)c(=S)n(-c2ccccc2)c1=O. The molecule has 1 aliphatic rings. The molecule has 0 saturated heterocycles. The number of carbonyl (C=O) groups is 1. The second kappa shape index (κ2) is 9.41. The molecular weight excluding hydrogens is 496 g/mol. The van der Waals surface area contributed by atoms with Gasteiger partial charge in [-0.15, -0.1) is 0 Å². The highest BCUT2D eigenvalue weighted by Gasteiger charge is 2.30. The molecule has 7 nitrogen and oxygen atoms in total. The predicted molar refractivity (Wildman–Crippen MR) is 144 cm³/mol. The number of aromatic nitrogens is 2. The minimum absolute atomic E-state index is 0.0861. The number of hydrogen-bond acceptors (Lipinski definition) is 5. The van der Waals surface area contributed by atoms with Crippen LogP contribution in [0.2, 0.25) is 5.02 Å². The molecule has 0 atom stereocenters. The van der Waals surface area contributed by atoms with Crippen LogP contribution in [0.15, 0.2) is 100 Å². The average molecular weight is 515 g/mol. The van der Waals surface area contributed by atoms with Gasteiger partial charge in [0.25, 0.3) is 11.5 Å². The van der Waals surface area contributed by atoms with Crippen molar-refractivity contribution < 1.29 is 9.90 Å². The molecular formula is C27H19ClN4O3S. The molecule has 0 fully saturated rings. The number of halogens is 1. The fourth-order valence-electron chi connectivity index (χ4n) is 3.94. The van der Waals surface area contributed by atoms with E-state index in [-0.39, 0.29) is 21.8 Å². The Morgan fingerprint density at radius 2 is 1.39 bits per heavy atom. The second-order valence-corrected chi connectivity index (χ2v) is 8.81. The number of amides is 1. The molecule has 0 unspecified atom stereocenters. The van der Waals surface area contributed by atoms with E-state index in [1.54, 1.807) is 79.7 Å². The molecule has 0 radical (unpaired) electrons. The first-order valence-electron chi connectivity index (χ1n) is 11.0. The van der Waals surface area contributed by atoms with Gasteiger partial charge < -0.3 is 5.11 Å². The lowest BCUT2D eigenvalue weighted by Gasteiger charge is -2.17. The third-order valence-electron chi connectivity index (χ3n) is 5.72. The number of para-hydroxylation sites is 2. The Labute approximate surface area is 216 Å². The molecule has 1 aromatic heterocycles. The van der Waals surface area contributed by atoms with E-state index in [0.717, 1.165) is 0 Å². The van der Waals surface area contributed by atoms with Crippen LogP contribution in [0.4, 0.5) is 5.69 Å². The molecule has 2 heterocycles. The number of aromatic hydroxyl groups is 1. The van der Waals surface area contributed by atoms with Crippen molar-refractivity contribution in [1.82, 2.24) is 9.13 Å². The van der Waals surface area contributed by atoms with Crippen molar-refractivity contribution in [3.8, 4) is 17.3 Å². The zero-order valence-corrected chi connectivity index (χ0v) is 20.6. The summed E-state index contributed by atoms with van der Waals surface area (Å²) in [4.78, 5) is 27.0. The van der Waals surface area contributed by atoms with E-state index in [2.05, 4.69) is 5.10 Å². The molecule has 3 aromatic carbocycles. The maximum atomic E-state index is 13.7. The van der Waals surface area contributed by atoms with Crippen LogP contribution in [0, 0.1) is 4.77 Å². The average Bonchev–Trinajstić information content (AvgIpc) is 3.16. The van der Waals surface area contributed by atoms with Crippen molar-refractivity contribution in [2.24, 2.45) is 5.10 Å². The van der Waals surface area contributed by atoms with E-state index >= 15 is 0 Å². The molecule has 1 amide bonds. The second-order valence-electron chi connectivity index (χ2n) is 8.00. The van der Waals surface area contributed by atoms with Crippen molar-refractivity contribution in [1.29, 1.82) is 0 Å². The summed E-state index contributed by atoms with van der Waals surface area (Å²) < 4.78 is 2.82. The van der Waals surface area contributed by atoms with Crippen LogP contribution in [0.3, 0.4) is 0 Å². The van der Waals surface area contributed by atoms with Crippen molar-refractivity contribution in [2.45, 2.75) is 6.92 Å². The number of nitrogens with zero attached hydrogens (tertiary/aromatic N) is 4. The number of carbonyl (C=O) groups excluding carboxylic acids is 1. The number of hydrogen-bond donors (Lipinski definition) is 1. The fourth-order valence-corrected chi connectivity index (χ4v) is 4.45. The Hall–Kier alpha value is -4.27. The Morgan fingerprint density at radius 3 is 1.97 bits per heavy atom. The minimum Gasteiger partial charge on any atom is -0.494 e. The van der Waals surface area contributed by atoms with Gasteiger partial charge in [-0.3, -0.25) is 18.7 Å². The van der Waals surface area contributed by atoms with Crippen molar-refractivity contribution in [3.05, 3.63) is 116 Å². The van der Waals surface area contributed by atoms with Gasteiger partial charge in [-0.1, -0.05) is 48.0 Å². The predicted octanol–water partition coefficient (Wildman–Crippen LogP) is 5.52. The lowest BCUT2D eigenvalue weighted by Crippen LogP contribution is -2.26. The number of rotatable bonds is 4. The molecule has 5 rings (SSSR count). The Kier molecular flexibility index (Phi) is 6.13.